The molecular weight excluding hydrogens is 250 g/mol. The minimum Gasteiger partial charge on any atom is -0.497 e. The average molecular weight is 271 g/mol. The van der Waals surface area contributed by atoms with Gasteiger partial charge in [-0.15, -0.1) is 0 Å². The van der Waals surface area contributed by atoms with Crippen LogP contribution in [0.4, 0.5) is 0 Å². The fraction of sp³-hybridized carbons (Fsp3) is 0.438. The van der Waals surface area contributed by atoms with Crippen LogP contribution in [-0.2, 0) is 6.54 Å². The van der Waals surface area contributed by atoms with Gasteiger partial charge in [0.1, 0.15) is 11.6 Å². The van der Waals surface area contributed by atoms with E-state index in [1.54, 1.807) is 7.11 Å². The van der Waals surface area contributed by atoms with Gasteiger partial charge in [0.15, 0.2) is 0 Å². The van der Waals surface area contributed by atoms with Crippen LogP contribution in [0.25, 0.3) is 11.3 Å². The van der Waals surface area contributed by atoms with Crippen molar-refractivity contribution in [3.8, 4) is 17.0 Å². The highest BCUT2D eigenvalue weighted by Crippen LogP contribution is 2.32. The van der Waals surface area contributed by atoms with Crippen LogP contribution in [0.1, 0.15) is 30.8 Å². The average Bonchev–Trinajstić information content (AvgIpc) is 2.77. The topological polar surface area (TPSA) is 53.1 Å². The molecule has 1 aromatic carbocycles. The predicted octanol–water partition coefficient (Wildman–Crippen LogP) is 2.70. The number of nitrogens with zero attached hydrogens (tertiary/aromatic N) is 2. The first kappa shape index (κ1) is 13.2. The molecule has 0 saturated carbocycles. The number of fused-ring (bicyclic) bond motifs is 1. The zero-order valence-electron chi connectivity index (χ0n) is 12.3. The Morgan fingerprint density at radius 2 is 2.00 bits per heavy atom. The van der Waals surface area contributed by atoms with E-state index in [2.05, 4.69) is 30.5 Å². The molecule has 4 heteroatoms. The Labute approximate surface area is 119 Å². The second kappa shape index (κ2) is 4.94. The van der Waals surface area contributed by atoms with Gasteiger partial charge in [-0.3, -0.25) is 0 Å². The smallest absolute Gasteiger partial charge is 0.118 e. The Morgan fingerprint density at radius 3 is 2.65 bits per heavy atom. The fourth-order valence-electron chi connectivity index (χ4n) is 3.05. The van der Waals surface area contributed by atoms with Crippen LogP contribution in [0, 0.1) is 6.92 Å². The van der Waals surface area contributed by atoms with Gasteiger partial charge in [-0.1, -0.05) is 6.92 Å². The van der Waals surface area contributed by atoms with Gasteiger partial charge in [-0.2, -0.15) is 0 Å². The van der Waals surface area contributed by atoms with Gasteiger partial charge in [0.25, 0.3) is 0 Å². The Hall–Kier alpha value is -1.81. The second-order valence-electron chi connectivity index (χ2n) is 5.64. The molecule has 0 spiro atoms. The molecule has 0 amide bonds. The minimum atomic E-state index is 0.231. The Morgan fingerprint density at radius 1 is 1.30 bits per heavy atom. The highest BCUT2D eigenvalue weighted by Gasteiger charge is 2.26. The lowest BCUT2D eigenvalue weighted by molar-refractivity contribution is 0.403. The van der Waals surface area contributed by atoms with Crippen molar-refractivity contribution in [3.63, 3.8) is 0 Å². The van der Waals surface area contributed by atoms with Crippen molar-refractivity contribution in [1.82, 2.24) is 9.55 Å². The summed E-state index contributed by atoms with van der Waals surface area (Å²) in [5, 5.41) is 0. The molecule has 0 radical (unpaired) electrons. The van der Waals surface area contributed by atoms with E-state index in [0.717, 1.165) is 35.8 Å². The maximum atomic E-state index is 6.13. The lowest BCUT2D eigenvalue weighted by Crippen LogP contribution is -2.34. The number of imidazole rings is 1. The summed E-state index contributed by atoms with van der Waals surface area (Å²) in [7, 11) is 1.68. The van der Waals surface area contributed by atoms with Gasteiger partial charge in [0, 0.05) is 29.8 Å². The molecule has 1 aliphatic heterocycles. The van der Waals surface area contributed by atoms with Crippen molar-refractivity contribution < 1.29 is 4.74 Å². The molecule has 20 heavy (non-hydrogen) atoms. The minimum absolute atomic E-state index is 0.231. The van der Waals surface area contributed by atoms with E-state index in [9.17, 15) is 0 Å². The van der Waals surface area contributed by atoms with E-state index in [1.165, 1.54) is 5.69 Å². The predicted molar refractivity (Wildman–Crippen MR) is 80.0 cm³/mol. The summed E-state index contributed by atoms with van der Waals surface area (Å²) in [5.74, 6) is 2.45. The monoisotopic (exact) mass is 271 g/mol. The summed E-state index contributed by atoms with van der Waals surface area (Å²) in [6.45, 7) is 5.20. The molecule has 1 aromatic heterocycles. The van der Waals surface area contributed by atoms with Gasteiger partial charge in [0.05, 0.1) is 12.8 Å². The third-order valence-electron chi connectivity index (χ3n) is 4.13. The molecule has 2 unspecified atom stereocenters. The standard InChI is InChI=1S/C16H21N3O/c1-10-8-13(17)9-19-11(2)15(18-16(10)19)12-4-6-14(20-3)7-5-12/h4-7,10,13H,8-9,17H2,1-3H3. The molecule has 2 aromatic rings. The van der Waals surface area contributed by atoms with E-state index in [1.807, 2.05) is 12.1 Å². The van der Waals surface area contributed by atoms with Gasteiger partial charge >= 0.3 is 0 Å². The molecule has 1 aliphatic rings. The van der Waals surface area contributed by atoms with Crippen molar-refractivity contribution in [2.75, 3.05) is 7.11 Å². The lowest BCUT2D eigenvalue weighted by Gasteiger charge is -2.26. The molecule has 2 atom stereocenters. The molecule has 4 nitrogen and oxygen atoms in total. The SMILES string of the molecule is COc1ccc(-c2nc3n(c2C)CC(N)CC3C)cc1. The van der Waals surface area contributed by atoms with E-state index >= 15 is 0 Å². The molecule has 0 aliphatic carbocycles. The molecule has 2 N–H and O–H groups in total. The summed E-state index contributed by atoms with van der Waals surface area (Å²) < 4.78 is 7.48. The summed E-state index contributed by atoms with van der Waals surface area (Å²) in [6, 6.07) is 8.30. The van der Waals surface area contributed by atoms with Crippen molar-refractivity contribution in [2.24, 2.45) is 5.73 Å². The fourth-order valence-corrected chi connectivity index (χ4v) is 3.05. The largest absolute Gasteiger partial charge is 0.497 e. The van der Waals surface area contributed by atoms with E-state index in [4.69, 9.17) is 15.5 Å². The normalized spacial score (nSPS) is 21.6. The summed E-state index contributed by atoms with van der Waals surface area (Å²) in [5.41, 5.74) is 9.52. The molecule has 0 fully saturated rings. The number of hydrogen-bond acceptors (Lipinski definition) is 3. The second-order valence-corrected chi connectivity index (χ2v) is 5.64. The van der Waals surface area contributed by atoms with Gasteiger partial charge < -0.3 is 15.0 Å². The van der Waals surface area contributed by atoms with Gasteiger partial charge in [-0.25, -0.2) is 4.98 Å². The number of hydrogen-bond donors (Lipinski definition) is 1. The van der Waals surface area contributed by atoms with Crippen molar-refractivity contribution >= 4 is 0 Å². The number of nitrogens with two attached hydrogens (primary N) is 1. The van der Waals surface area contributed by atoms with Crippen LogP contribution < -0.4 is 10.5 Å². The Kier molecular flexibility index (Phi) is 3.26. The third kappa shape index (κ3) is 2.10. The summed E-state index contributed by atoms with van der Waals surface area (Å²) in [6.07, 6.45) is 1.01. The first-order valence-electron chi connectivity index (χ1n) is 7.07. The van der Waals surface area contributed by atoms with Crippen LogP contribution in [-0.4, -0.2) is 22.7 Å². The molecule has 0 saturated heterocycles. The van der Waals surface area contributed by atoms with Crippen molar-refractivity contribution in [2.45, 2.75) is 38.8 Å². The van der Waals surface area contributed by atoms with E-state index in [-0.39, 0.29) is 6.04 Å². The van der Waals surface area contributed by atoms with Crippen molar-refractivity contribution in [3.05, 3.63) is 35.8 Å². The van der Waals surface area contributed by atoms with Crippen LogP contribution in [0.5, 0.6) is 5.75 Å². The van der Waals surface area contributed by atoms with E-state index in [0.29, 0.717) is 5.92 Å². The molecular formula is C16H21N3O. The quantitative estimate of drug-likeness (QED) is 0.913. The highest BCUT2D eigenvalue weighted by atomic mass is 16.5. The number of aromatic nitrogens is 2. The van der Waals surface area contributed by atoms with Crippen LogP contribution in [0.15, 0.2) is 24.3 Å². The summed E-state index contributed by atoms with van der Waals surface area (Å²) >= 11 is 0. The summed E-state index contributed by atoms with van der Waals surface area (Å²) in [4.78, 5) is 4.86. The lowest BCUT2D eigenvalue weighted by atomic mass is 9.98. The van der Waals surface area contributed by atoms with Crippen LogP contribution in [0.2, 0.25) is 0 Å². The number of benzene rings is 1. The maximum absolute atomic E-state index is 6.13. The van der Waals surface area contributed by atoms with Crippen LogP contribution in [0.3, 0.4) is 0 Å². The van der Waals surface area contributed by atoms with E-state index < -0.39 is 0 Å². The first-order chi connectivity index (χ1) is 9.60. The first-order valence-corrected chi connectivity index (χ1v) is 7.07. The zero-order valence-corrected chi connectivity index (χ0v) is 12.3. The number of methoxy groups -OCH3 is 1. The Balaban J connectivity index is 2.04. The van der Waals surface area contributed by atoms with Gasteiger partial charge in [-0.05, 0) is 37.6 Å². The molecule has 2 heterocycles. The zero-order chi connectivity index (χ0) is 14.3. The van der Waals surface area contributed by atoms with Crippen LogP contribution >= 0.6 is 0 Å². The molecule has 3 rings (SSSR count). The van der Waals surface area contributed by atoms with Crippen molar-refractivity contribution in [1.29, 1.82) is 0 Å². The number of rotatable bonds is 2. The molecule has 0 bridgehead atoms. The third-order valence-corrected chi connectivity index (χ3v) is 4.13. The Bertz CT molecular complexity index is 615. The van der Waals surface area contributed by atoms with Gasteiger partial charge in [0.2, 0.25) is 0 Å². The molecule has 106 valence electrons. The highest BCUT2D eigenvalue weighted by molar-refractivity contribution is 5.63. The maximum Gasteiger partial charge on any atom is 0.118 e. The number of ether oxygens (including phenoxy) is 1.